The molecule has 2 N–H and O–H groups in total. The van der Waals surface area contributed by atoms with Gasteiger partial charge < -0.3 is 15.2 Å². The summed E-state index contributed by atoms with van der Waals surface area (Å²) in [6.07, 6.45) is 6.50. The monoisotopic (exact) mass is 219 g/mol. The number of anilines is 1. The Labute approximate surface area is 96.4 Å². The number of nitrogens with one attached hydrogen (secondary N) is 1. The maximum Gasteiger partial charge on any atom is 0.142 e. The van der Waals surface area contributed by atoms with Crippen molar-refractivity contribution in [1.29, 1.82) is 0 Å². The van der Waals surface area contributed by atoms with Crippen molar-refractivity contribution in [2.75, 3.05) is 25.6 Å². The third kappa shape index (κ3) is 3.48. The number of benzene rings is 1. The molecule has 0 aliphatic heterocycles. The molecule has 0 saturated heterocycles. The lowest BCUT2D eigenvalue weighted by atomic mass is 10.1. The van der Waals surface area contributed by atoms with E-state index >= 15 is 0 Å². The van der Waals surface area contributed by atoms with Crippen molar-refractivity contribution in [3.05, 3.63) is 23.8 Å². The Morgan fingerprint density at radius 2 is 2.31 bits per heavy atom. The van der Waals surface area contributed by atoms with Crippen molar-refractivity contribution < 1.29 is 9.84 Å². The molecule has 0 spiro atoms. The van der Waals surface area contributed by atoms with Crippen molar-refractivity contribution in [2.45, 2.75) is 12.8 Å². The summed E-state index contributed by atoms with van der Waals surface area (Å²) in [6, 6.07) is 5.84. The van der Waals surface area contributed by atoms with Gasteiger partial charge in [-0.1, -0.05) is 6.07 Å². The molecule has 0 unspecified atom stereocenters. The summed E-state index contributed by atoms with van der Waals surface area (Å²) in [6.45, 7) is 0.874. The van der Waals surface area contributed by atoms with Gasteiger partial charge in [0.15, 0.2) is 0 Å². The van der Waals surface area contributed by atoms with E-state index in [9.17, 15) is 0 Å². The number of methoxy groups -OCH3 is 1. The van der Waals surface area contributed by atoms with Crippen LogP contribution < -0.4 is 10.1 Å². The molecule has 3 nitrogen and oxygen atoms in total. The highest BCUT2D eigenvalue weighted by Gasteiger charge is 2.03. The Morgan fingerprint density at radius 3 is 2.94 bits per heavy atom. The first-order valence-corrected chi connectivity index (χ1v) is 5.27. The molecule has 0 radical (unpaired) electrons. The minimum absolute atomic E-state index is 0.146. The van der Waals surface area contributed by atoms with Crippen LogP contribution >= 0.6 is 0 Å². The van der Waals surface area contributed by atoms with E-state index in [-0.39, 0.29) is 6.61 Å². The fraction of sp³-hybridized carbons (Fsp3) is 0.385. The Bertz CT molecular complexity index is 369. The first-order valence-electron chi connectivity index (χ1n) is 5.27. The molecule has 0 heterocycles. The van der Waals surface area contributed by atoms with E-state index in [0.29, 0.717) is 12.8 Å². The van der Waals surface area contributed by atoms with Crippen molar-refractivity contribution >= 4 is 5.69 Å². The third-order valence-corrected chi connectivity index (χ3v) is 2.25. The standard InChI is InChI=1S/C13H17NO2/c1-3-4-8-14-12-6-5-11(7-9-15)10-13(12)16-2/h1,5-6,10,14-15H,4,7-9H2,2H3. The maximum absolute atomic E-state index is 8.85. The highest BCUT2D eigenvalue weighted by atomic mass is 16.5. The van der Waals surface area contributed by atoms with Crippen LogP contribution in [0.25, 0.3) is 0 Å². The molecule has 0 aliphatic rings. The van der Waals surface area contributed by atoms with E-state index < -0.39 is 0 Å². The van der Waals surface area contributed by atoms with E-state index in [2.05, 4.69) is 11.2 Å². The molecule has 1 aromatic rings. The summed E-state index contributed by atoms with van der Waals surface area (Å²) in [5.41, 5.74) is 1.99. The normalized spacial score (nSPS) is 9.56. The van der Waals surface area contributed by atoms with E-state index in [0.717, 1.165) is 23.5 Å². The van der Waals surface area contributed by atoms with Crippen LogP contribution in [0.1, 0.15) is 12.0 Å². The molecule has 0 aliphatic carbocycles. The lowest BCUT2D eigenvalue weighted by Gasteiger charge is -2.11. The molecule has 0 aromatic heterocycles. The van der Waals surface area contributed by atoms with E-state index in [4.69, 9.17) is 16.3 Å². The largest absolute Gasteiger partial charge is 0.495 e. The second-order valence-corrected chi connectivity index (χ2v) is 3.39. The molecule has 0 atom stereocenters. The number of hydrogen-bond acceptors (Lipinski definition) is 3. The smallest absolute Gasteiger partial charge is 0.142 e. The van der Waals surface area contributed by atoms with E-state index in [1.165, 1.54) is 0 Å². The predicted molar refractivity (Wildman–Crippen MR) is 65.7 cm³/mol. The van der Waals surface area contributed by atoms with Gasteiger partial charge in [0.05, 0.1) is 12.8 Å². The number of aliphatic hydroxyl groups is 1. The van der Waals surface area contributed by atoms with Gasteiger partial charge in [-0.2, -0.15) is 0 Å². The summed E-state index contributed by atoms with van der Waals surface area (Å²) >= 11 is 0. The van der Waals surface area contributed by atoms with Gasteiger partial charge in [-0.05, 0) is 24.1 Å². The lowest BCUT2D eigenvalue weighted by molar-refractivity contribution is 0.299. The van der Waals surface area contributed by atoms with Crippen LogP contribution in [0.2, 0.25) is 0 Å². The number of rotatable bonds is 6. The van der Waals surface area contributed by atoms with Gasteiger partial charge in [-0.25, -0.2) is 0 Å². The van der Waals surface area contributed by atoms with Gasteiger partial charge in [0.25, 0.3) is 0 Å². The number of hydrogen-bond donors (Lipinski definition) is 2. The zero-order chi connectivity index (χ0) is 11.8. The van der Waals surface area contributed by atoms with Gasteiger partial charge in [0, 0.05) is 19.6 Å². The fourth-order valence-corrected chi connectivity index (χ4v) is 1.44. The first kappa shape index (κ1) is 12.4. The second kappa shape index (κ2) is 6.76. The van der Waals surface area contributed by atoms with Gasteiger partial charge >= 0.3 is 0 Å². The minimum Gasteiger partial charge on any atom is -0.495 e. The number of terminal acetylenes is 1. The van der Waals surface area contributed by atoms with E-state index in [1.807, 2.05) is 18.2 Å². The Balaban J connectivity index is 2.73. The van der Waals surface area contributed by atoms with Crippen molar-refractivity contribution in [3.8, 4) is 18.1 Å². The molecule has 1 rings (SSSR count). The van der Waals surface area contributed by atoms with E-state index in [1.54, 1.807) is 7.11 Å². The molecule has 16 heavy (non-hydrogen) atoms. The zero-order valence-corrected chi connectivity index (χ0v) is 9.49. The van der Waals surface area contributed by atoms with Gasteiger partial charge in [-0.15, -0.1) is 12.3 Å². The van der Waals surface area contributed by atoms with Crippen LogP contribution in [0, 0.1) is 12.3 Å². The van der Waals surface area contributed by atoms with Gasteiger partial charge in [0.2, 0.25) is 0 Å². The maximum atomic E-state index is 8.85. The quantitative estimate of drug-likeness (QED) is 0.565. The summed E-state index contributed by atoms with van der Waals surface area (Å²) < 4.78 is 5.27. The summed E-state index contributed by atoms with van der Waals surface area (Å²) in [5, 5.41) is 12.1. The Hall–Kier alpha value is -1.66. The Kier molecular flexibility index (Phi) is 5.24. The van der Waals surface area contributed by atoms with Crippen LogP contribution in [0.15, 0.2) is 18.2 Å². The summed E-state index contributed by atoms with van der Waals surface area (Å²) in [7, 11) is 1.63. The molecule has 3 heteroatoms. The van der Waals surface area contributed by atoms with Gasteiger partial charge in [-0.3, -0.25) is 0 Å². The SMILES string of the molecule is C#CCCNc1ccc(CCO)cc1OC. The van der Waals surface area contributed by atoms with Gasteiger partial charge in [0.1, 0.15) is 5.75 Å². The average Bonchev–Trinajstić information content (AvgIpc) is 2.31. The molecular formula is C13H17NO2. The van der Waals surface area contributed by atoms with Crippen molar-refractivity contribution in [3.63, 3.8) is 0 Å². The highest BCUT2D eigenvalue weighted by molar-refractivity contribution is 5.57. The van der Waals surface area contributed by atoms with Crippen molar-refractivity contribution in [2.24, 2.45) is 0 Å². The summed E-state index contributed by atoms with van der Waals surface area (Å²) in [4.78, 5) is 0. The molecule has 0 bridgehead atoms. The third-order valence-electron chi connectivity index (χ3n) is 2.25. The molecular weight excluding hydrogens is 202 g/mol. The molecule has 86 valence electrons. The predicted octanol–water partition coefficient (Wildman–Crippen LogP) is 1.67. The highest BCUT2D eigenvalue weighted by Crippen LogP contribution is 2.25. The molecule has 0 saturated carbocycles. The fourth-order valence-electron chi connectivity index (χ4n) is 1.44. The van der Waals surface area contributed by atoms with Crippen molar-refractivity contribution in [1.82, 2.24) is 0 Å². The minimum atomic E-state index is 0.146. The molecule has 0 amide bonds. The Morgan fingerprint density at radius 1 is 1.50 bits per heavy atom. The average molecular weight is 219 g/mol. The zero-order valence-electron chi connectivity index (χ0n) is 9.49. The summed E-state index contributed by atoms with van der Waals surface area (Å²) in [5.74, 6) is 3.35. The first-order chi connectivity index (χ1) is 7.81. The van der Waals surface area contributed by atoms with Crippen LogP contribution in [0.3, 0.4) is 0 Å². The van der Waals surface area contributed by atoms with Crippen LogP contribution in [-0.4, -0.2) is 25.4 Å². The van der Waals surface area contributed by atoms with Crippen LogP contribution in [0.4, 0.5) is 5.69 Å². The second-order valence-electron chi connectivity index (χ2n) is 3.39. The number of ether oxygens (including phenoxy) is 1. The topological polar surface area (TPSA) is 41.5 Å². The molecule has 1 aromatic carbocycles. The van der Waals surface area contributed by atoms with Crippen LogP contribution in [0.5, 0.6) is 5.75 Å². The van der Waals surface area contributed by atoms with Crippen LogP contribution in [-0.2, 0) is 6.42 Å². The number of aliphatic hydroxyl groups excluding tert-OH is 1. The lowest BCUT2D eigenvalue weighted by Crippen LogP contribution is -2.03. The molecule has 0 fully saturated rings.